The molecule has 6 rings (SSSR count). The van der Waals surface area contributed by atoms with E-state index in [2.05, 4.69) is 40.6 Å². The van der Waals surface area contributed by atoms with Crippen LogP contribution in [0.5, 0.6) is 11.5 Å². The first-order valence-corrected chi connectivity index (χ1v) is 13.4. The van der Waals surface area contributed by atoms with Gasteiger partial charge in [0.2, 0.25) is 12.7 Å². The Morgan fingerprint density at radius 3 is 2.58 bits per heavy atom. The molecule has 4 heterocycles. The number of rotatable bonds is 4. The van der Waals surface area contributed by atoms with Crippen LogP contribution in [-0.4, -0.2) is 72.6 Å². The number of carbonyl (C=O) groups excluding carboxylic acids is 2. The number of amides is 2. The van der Waals surface area contributed by atoms with Gasteiger partial charge in [0.1, 0.15) is 0 Å². The fourth-order valence-electron chi connectivity index (χ4n) is 5.42. The van der Waals surface area contributed by atoms with E-state index in [1.807, 2.05) is 27.2 Å². The molecule has 1 fully saturated rings. The molecule has 0 bridgehead atoms. The second kappa shape index (κ2) is 9.95. The van der Waals surface area contributed by atoms with Crippen LogP contribution < -0.4 is 9.47 Å². The summed E-state index contributed by atoms with van der Waals surface area (Å²) in [4.78, 5) is 34.1. The Hall–Kier alpha value is -3.36. The highest BCUT2D eigenvalue weighted by Crippen LogP contribution is 2.37. The lowest BCUT2D eigenvalue weighted by Crippen LogP contribution is -2.45. The van der Waals surface area contributed by atoms with Crippen molar-refractivity contribution in [1.29, 1.82) is 0 Å². The standard InChI is InChI=1S/C28H29N3O4S/c32-26(18-31-13-9-25-22(10-16-36-25)27(31)20-5-2-1-3-6-20)29-11-4-12-30(15-14-29)28(33)21-7-8-23-24(17-21)35-19-34-23/h1-3,5-8,10,16-17,27H,4,9,11-15,18-19H2. The summed E-state index contributed by atoms with van der Waals surface area (Å²) >= 11 is 1.81. The normalized spacial score (nSPS) is 19.6. The number of hydrogen-bond donors (Lipinski definition) is 0. The van der Waals surface area contributed by atoms with Gasteiger partial charge in [-0.1, -0.05) is 30.3 Å². The van der Waals surface area contributed by atoms with Gasteiger partial charge in [0.25, 0.3) is 5.91 Å². The van der Waals surface area contributed by atoms with Gasteiger partial charge >= 0.3 is 0 Å². The number of nitrogens with zero attached hydrogens (tertiary/aromatic N) is 3. The van der Waals surface area contributed by atoms with E-state index in [0.29, 0.717) is 49.8 Å². The zero-order chi connectivity index (χ0) is 24.5. The molecule has 1 unspecified atom stereocenters. The van der Waals surface area contributed by atoms with Crippen LogP contribution in [0.3, 0.4) is 0 Å². The van der Waals surface area contributed by atoms with Gasteiger partial charge in [-0.05, 0) is 53.6 Å². The van der Waals surface area contributed by atoms with Gasteiger partial charge in [-0.25, -0.2) is 0 Å². The van der Waals surface area contributed by atoms with E-state index >= 15 is 0 Å². The van der Waals surface area contributed by atoms with Crippen LogP contribution in [-0.2, 0) is 11.2 Å². The van der Waals surface area contributed by atoms with Crippen molar-refractivity contribution in [1.82, 2.24) is 14.7 Å². The lowest BCUT2D eigenvalue weighted by molar-refractivity contribution is -0.132. The summed E-state index contributed by atoms with van der Waals surface area (Å²) in [5.74, 6) is 1.37. The molecule has 0 spiro atoms. The summed E-state index contributed by atoms with van der Waals surface area (Å²) in [5, 5.41) is 2.16. The fraction of sp³-hybridized carbons (Fsp3) is 0.357. The third-order valence-corrected chi connectivity index (χ3v) is 8.27. The van der Waals surface area contributed by atoms with Gasteiger partial charge in [0, 0.05) is 43.2 Å². The van der Waals surface area contributed by atoms with Crippen molar-refractivity contribution in [2.75, 3.05) is 46.1 Å². The van der Waals surface area contributed by atoms with Crippen LogP contribution >= 0.6 is 11.3 Å². The third-order valence-electron chi connectivity index (χ3n) is 7.27. The van der Waals surface area contributed by atoms with E-state index in [-0.39, 0.29) is 24.6 Å². The SMILES string of the molecule is O=C(CN1CCc2sccc2C1c1ccccc1)N1CCCN(C(=O)c2ccc3c(c2)OCO3)CC1. The highest BCUT2D eigenvalue weighted by molar-refractivity contribution is 7.10. The number of thiophene rings is 1. The second-order valence-electron chi connectivity index (χ2n) is 9.43. The Labute approximate surface area is 214 Å². The highest BCUT2D eigenvalue weighted by Gasteiger charge is 2.32. The summed E-state index contributed by atoms with van der Waals surface area (Å²) in [6, 6.07) is 18.1. The first kappa shape index (κ1) is 23.1. The predicted octanol–water partition coefficient (Wildman–Crippen LogP) is 3.80. The van der Waals surface area contributed by atoms with E-state index in [9.17, 15) is 9.59 Å². The quantitative estimate of drug-likeness (QED) is 0.542. The molecule has 0 radical (unpaired) electrons. The van der Waals surface area contributed by atoms with Gasteiger partial charge in [-0.2, -0.15) is 0 Å². The van der Waals surface area contributed by atoms with Crippen LogP contribution in [0.4, 0.5) is 0 Å². The maximum absolute atomic E-state index is 13.5. The number of carbonyl (C=O) groups is 2. The Morgan fingerprint density at radius 2 is 1.69 bits per heavy atom. The Balaban J connectivity index is 1.12. The Morgan fingerprint density at radius 1 is 0.889 bits per heavy atom. The molecule has 2 aromatic carbocycles. The molecule has 3 aliphatic rings. The van der Waals surface area contributed by atoms with E-state index in [1.165, 1.54) is 16.0 Å². The van der Waals surface area contributed by atoms with Gasteiger partial charge in [-0.3, -0.25) is 14.5 Å². The highest BCUT2D eigenvalue weighted by atomic mass is 32.1. The number of fused-ring (bicyclic) bond motifs is 2. The molecule has 36 heavy (non-hydrogen) atoms. The van der Waals surface area contributed by atoms with Gasteiger partial charge < -0.3 is 19.3 Å². The summed E-state index contributed by atoms with van der Waals surface area (Å²) in [6.07, 6.45) is 1.74. The van der Waals surface area contributed by atoms with E-state index in [0.717, 1.165) is 19.4 Å². The minimum Gasteiger partial charge on any atom is -0.454 e. The summed E-state index contributed by atoms with van der Waals surface area (Å²) < 4.78 is 10.8. The van der Waals surface area contributed by atoms with Crippen LogP contribution in [0.2, 0.25) is 0 Å². The van der Waals surface area contributed by atoms with Gasteiger partial charge in [0.15, 0.2) is 11.5 Å². The molecule has 7 nitrogen and oxygen atoms in total. The summed E-state index contributed by atoms with van der Waals surface area (Å²) in [7, 11) is 0. The Kier molecular flexibility index (Phi) is 6.37. The third kappa shape index (κ3) is 4.47. The van der Waals surface area contributed by atoms with E-state index in [4.69, 9.17) is 9.47 Å². The van der Waals surface area contributed by atoms with Gasteiger partial charge in [0.05, 0.1) is 12.6 Å². The van der Waals surface area contributed by atoms with Crippen molar-refractivity contribution in [3.8, 4) is 11.5 Å². The van der Waals surface area contributed by atoms with Crippen LogP contribution in [0.25, 0.3) is 0 Å². The van der Waals surface area contributed by atoms with Crippen LogP contribution in [0, 0.1) is 0 Å². The minimum atomic E-state index is -0.0345. The maximum Gasteiger partial charge on any atom is 0.254 e. The average Bonchev–Trinajstić information content (AvgIpc) is 3.51. The maximum atomic E-state index is 13.5. The first-order valence-electron chi connectivity index (χ1n) is 12.5. The molecule has 2 amide bonds. The molecular formula is C28H29N3O4S. The van der Waals surface area contributed by atoms with Crippen molar-refractivity contribution in [2.24, 2.45) is 0 Å². The lowest BCUT2D eigenvalue weighted by atomic mass is 9.93. The molecule has 3 aromatic rings. The smallest absolute Gasteiger partial charge is 0.254 e. The average molecular weight is 504 g/mol. The van der Waals surface area contributed by atoms with Crippen LogP contribution in [0.1, 0.15) is 38.8 Å². The van der Waals surface area contributed by atoms with E-state index in [1.54, 1.807) is 18.2 Å². The summed E-state index contributed by atoms with van der Waals surface area (Å²) in [6.45, 7) is 3.79. The molecule has 0 saturated carbocycles. The van der Waals surface area contributed by atoms with Crippen molar-refractivity contribution >= 4 is 23.2 Å². The van der Waals surface area contributed by atoms with Crippen molar-refractivity contribution in [2.45, 2.75) is 18.9 Å². The molecule has 1 aromatic heterocycles. The Bertz CT molecular complexity index is 1260. The summed E-state index contributed by atoms with van der Waals surface area (Å²) in [5.41, 5.74) is 3.13. The molecular weight excluding hydrogens is 474 g/mol. The molecule has 8 heteroatoms. The predicted molar refractivity (Wildman–Crippen MR) is 138 cm³/mol. The van der Waals surface area contributed by atoms with Crippen molar-refractivity contribution in [3.05, 3.63) is 81.5 Å². The van der Waals surface area contributed by atoms with Gasteiger partial charge in [-0.15, -0.1) is 11.3 Å². The topological polar surface area (TPSA) is 62.3 Å². The zero-order valence-corrected chi connectivity index (χ0v) is 20.9. The van der Waals surface area contributed by atoms with Crippen molar-refractivity contribution in [3.63, 3.8) is 0 Å². The van der Waals surface area contributed by atoms with E-state index < -0.39 is 0 Å². The molecule has 3 aliphatic heterocycles. The second-order valence-corrected chi connectivity index (χ2v) is 10.4. The molecule has 186 valence electrons. The van der Waals surface area contributed by atoms with Crippen molar-refractivity contribution < 1.29 is 19.1 Å². The largest absolute Gasteiger partial charge is 0.454 e. The molecule has 1 saturated heterocycles. The molecule has 0 aliphatic carbocycles. The van der Waals surface area contributed by atoms with Crippen LogP contribution in [0.15, 0.2) is 60.0 Å². The lowest BCUT2D eigenvalue weighted by Gasteiger charge is -2.37. The molecule has 0 N–H and O–H groups in total. The number of benzene rings is 2. The number of hydrogen-bond acceptors (Lipinski definition) is 6. The first-order chi connectivity index (χ1) is 17.7. The minimum absolute atomic E-state index is 0.0345. The molecule has 1 atom stereocenters. The number of ether oxygens (including phenoxy) is 2. The zero-order valence-electron chi connectivity index (χ0n) is 20.1. The monoisotopic (exact) mass is 503 g/mol. The fourth-order valence-corrected chi connectivity index (χ4v) is 6.32.